The van der Waals surface area contributed by atoms with Crippen molar-refractivity contribution in [2.75, 3.05) is 6.61 Å². The Labute approximate surface area is 95.9 Å². The molecule has 0 spiro atoms. The van der Waals surface area contributed by atoms with Crippen molar-refractivity contribution in [3.8, 4) is 0 Å². The van der Waals surface area contributed by atoms with Gasteiger partial charge in [-0.15, -0.1) is 0 Å². The van der Waals surface area contributed by atoms with E-state index in [1.165, 1.54) is 25.7 Å². The van der Waals surface area contributed by atoms with E-state index in [4.69, 9.17) is 15.6 Å². The Morgan fingerprint density at radius 1 is 1.06 bits per heavy atom. The van der Waals surface area contributed by atoms with Crippen LogP contribution in [0.2, 0.25) is 0 Å². The van der Waals surface area contributed by atoms with Crippen LogP contribution in [-0.2, 0) is 4.74 Å². The molecular weight excluding hydrogens is 212 g/mol. The summed E-state index contributed by atoms with van der Waals surface area (Å²) in [5.74, 6) is 0. The van der Waals surface area contributed by atoms with Gasteiger partial charge < -0.3 is 21.3 Å². The van der Waals surface area contributed by atoms with Crippen LogP contribution in [0.4, 0.5) is 9.59 Å². The molecular formula is C10H22N2O4. The molecule has 0 atom stereocenters. The van der Waals surface area contributed by atoms with E-state index in [1.54, 1.807) is 0 Å². The number of primary amides is 2. The second-order valence-corrected chi connectivity index (χ2v) is 3.27. The van der Waals surface area contributed by atoms with Crippen molar-refractivity contribution in [1.82, 2.24) is 0 Å². The normalized spacial score (nSPS) is 8.81. The van der Waals surface area contributed by atoms with Crippen LogP contribution in [0, 0.1) is 0 Å². The van der Waals surface area contributed by atoms with Crippen molar-refractivity contribution in [2.45, 2.75) is 45.4 Å². The Morgan fingerprint density at radius 2 is 1.50 bits per heavy atom. The first kappa shape index (κ1) is 17.0. The van der Waals surface area contributed by atoms with E-state index >= 15 is 0 Å². The Morgan fingerprint density at radius 3 is 1.94 bits per heavy atom. The molecule has 0 bridgehead atoms. The summed E-state index contributed by atoms with van der Waals surface area (Å²) < 4.78 is 4.59. The topological polar surface area (TPSA) is 116 Å². The molecule has 0 aromatic carbocycles. The fourth-order valence-corrected chi connectivity index (χ4v) is 1.06. The highest BCUT2D eigenvalue weighted by molar-refractivity contribution is 5.64. The fraction of sp³-hybridized carbons (Fsp3) is 0.800. The van der Waals surface area contributed by atoms with Crippen molar-refractivity contribution in [3.05, 3.63) is 0 Å². The zero-order valence-corrected chi connectivity index (χ0v) is 9.78. The fourth-order valence-electron chi connectivity index (χ4n) is 1.06. The van der Waals surface area contributed by atoms with Gasteiger partial charge in [0.2, 0.25) is 0 Å². The molecule has 0 aliphatic carbocycles. The highest BCUT2D eigenvalue weighted by atomic mass is 16.5. The van der Waals surface area contributed by atoms with Crippen molar-refractivity contribution < 1.29 is 19.4 Å². The van der Waals surface area contributed by atoms with Gasteiger partial charge in [0.05, 0.1) is 6.61 Å². The first-order valence-electron chi connectivity index (χ1n) is 5.41. The first-order chi connectivity index (χ1) is 7.50. The number of amides is 2. The van der Waals surface area contributed by atoms with Gasteiger partial charge in [-0.05, 0) is 6.42 Å². The van der Waals surface area contributed by atoms with Crippen molar-refractivity contribution >= 4 is 12.2 Å². The summed E-state index contributed by atoms with van der Waals surface area (Å²) in [4.78, 5) is 18.9. The van der Waals surface area contributed by atoms with Gasteiger partial charge >= 0.3 is 12.2 Å². The molecule has 0 rings (SSSR count). The number of unbranched alkanes of at least 4 members (excludes halogenated alkanes) is 5. The van der Waals surface area contributed by atoms with Gasteiger partial charge in [-0.25, -0.2) is 9.59 Å². The van der Waals surface area contributed by atoms with Gasteiger partial charge in [-0.3, -0.25) is 0 Å². The second-order valence-electron chi connectivity index (χ2n) is 3.27. The lowest BCUT2D eigenvalue weighted by atomic mass is 10.1. The minimum Gasteiger partial charge on any atom is -0.465 e. The molecule has 0 unspecified atom stereocenters. The minimum absolute atomic E-state index is 0.474. The van der Waals surface area contributed by atoms with E-state index in [1.807, 2.05) is 0 Å². The van der Waals surface area contributed by atoms with Crippen LogP contribution in [0.1, 0.15) is 45.4 Å². The number of rotatable bonds is 7. The standard InChI is InChI=1S/C9H19NO2.CH3NO2/c1-2-3-4-5-6-7-8-12-9(10)11;2-1(3)4/h2-8H2,1H3,(H2,10,11);2H2,(H,3,4). The SMILES string of the molecule is CCCCCCCCOC(N)=O.NC(=O)O. The molecule has 0 radical (unpaired) electrons. The Kier molecular flexibility index (Phi) is 14.3. The minimum atomic E-state index is -1.33. The molecule has 0 saturated heterocycles. The number of carbonyl (C=O) groups excluding carboxylic acids is 1. The number of nitrogens with two attached hydrogens (primary N) is 2. The number of ether oxygens (including phenoxy) is 1. The molecule has 0 fully saturated rings. The van der Waals surface area contributed by atoms with E-state index in [-0.39, 0.29) is 0 Å². The molecule has 16 heavy (non-hydrogen) atoms. The predicted molar refractivity (Wildman–Crippen MR) is 61.1 cm³/mol. The van der Waals surface area contributed by atoms with Crippen LogP contribution < -0.4 is 11.5 Å². The zero-order chi connectivity index (χ0) is 12.8. The molecule has 0 aliphatic rings. The lowest BCUT2D eigenvalue weighted by molar-refractivity contribution is 0.154. The van der Waals surface area contributed by atoms with Gasteiger partial charge in [0.25, 0.3) is 0 Å². The maximum Gasteiger partial charge on any atom is 0.404 e. The molecule has 5 N–H and O–H groups in total. The zero-order valence-electron chi connectivity index (χ0n) is 9.78. The summed E-state index contributed by atoms with van der Waals surface area (Å²) in [5, 5.41) is 7.19. The molecule has 0 saturated carbocycles. The number of hydrogen-bond donors (Lipinski definition) is 3. The number of carbonyl (C=O) groups is 2. The van der Waals surface area contributed by atoms with Gasteiger partial charge in [0.1, 0.15) is 0 Å². The third-order valence-corrected chi connectivity index (χ3v) is 1.74. The van der Waals surface area contributed by atoms with Crippen LogP contribution in [0.3, 0.4) is 0 Å². The van der Waals surface area contributed by atoms with Crippen molar-refractivity contribution in [1.29, 1.82) is 0 Å². The summed E-state index contributed by atoms with van der Waals surface area (Å²) in [6, 6.07) is 0. The second kappa shape index (κ2) is 13.5. The predicted octanol–water partition coefficient (Wildman–Crippen LogP) is 2.07. The third kappa shape index (κ3) is 29.4. The van der Waals surface area contributed by atoms with Gasteiger partial charge in [0.15, 0.2) is 0 Å². The third-order valence-electron chi connectivity index (χ3n) is 1.74. The van der Waals surface area contributed by atoms with Gasteiger partial charge in [-0.1, -0.05) is 39.0 Å². The van der Waals surface area contributed by atoms with Crippen molar-refractivity contribution in [2.24, 2.45) is 11.5 Å². The Hall–Kier alpha value is -1.46. The summed E-state index contributed by atoms with van der Waals surface area (Å²) in [5.41, 5.74) is 8.82. The molecule has 6 nitrogen and oxygen atoms in total. The summed E-state index contributed by atoms with van der Waals surface area (Å²) >= 11 is 0. The molecule has 0 aromatic heterocycles. The summed E-state index contributed by atoms with van der Waals surface area (Å²) in [7, 11) is 0. The largest absolute Gasteiger partial charge is 0.465 e. The van der Waals surface area contributed by atoms with Gasteiger partial charge in [0, 0.05) is 0 Å². The molecule has 0 heterocycles. The highest BCUT2D eigenvalue weighted by Crippen LogP contribution is 2.04. The van der Waals surface area contributed by atoms with Crippen LogP contribution in [-0.4, -0.2) is 23.9 Å². The monoisotopic (exact) mass is 234 g/mol. The smallest absolute Gasteiger partial charge is 0.404 e. The Balaban J connectivity index is 0. The number of carboxylic acid groups (broad SMARTS) is 1. The molecule has 2 amide bonds. The Bertz CT molecular complexity index is 182. The quantitative estimate of drug-likeness (QED) is 0.584. The maximum absolute atomic E-state index is 10.1. The lowest BCUT2D eigenvalue weighted by Gasteiger charge is -2.00. The average Bonchev–Trinajstić information content (AvgIpc) is 2.15. The summed E-state index contributed by atoms with van der Waals surface area (Å²) in [6.45, 7) is 2.66. The molecule has 6 heteroatoms. The molecule has 96 valence electrons. The van der Waals surface area contributed by atoms with Crippen molar-refractivity contribution in [3.63, 3.8) is 0 Å². The molecule has 0 aliphatic heterocycles. The van der Waals surface area contributed by atoms with Crippen LogP contribution in [0.15, 0.2) is 0 Å². The van der Waals surface area contributed by atoms with E-state index in [0.29, 0.717) is 6.61 Å². The van der Waals surface area contributed by atoms with Crippen LogP contribution in [0.25, 0.3) is 0 Å². The first-order valence-corrected chi connectivity index (χ1v) is 5.41. The maximum atomic E-state index is 10.1. The summed E-state index contributed by atoms with van der Waals surface area (Å²) in [6.07, 6.45) is 5.15. The lowest BCUT2D eigenvalue weighted by Crippen LogP contribution is -2.13. The average molecular weight is 234 g/mol. The molecule has 0 aromatic rings. The van der Waals surface area contributed by atoms with E-state index in [2.05, 4.69) is 17.4 Å². The van der Waals surface area contributed by atoms with E-state index < -0.39 is 12.2 Å². The number of hydrogen-bond acceptors (Lipinski definition) is 3. The van der Waals surface area contributed by atoms with Gasteiger partial charge in [-0.2, -0.15) is 0 Å². The highest BCUT2D eigenvalue weighted by Gasteiger charge is 1.93. The van der Waals surface area contributed by atoms with Crippen LogP contribution in [0.5, 0.6) is 0 Å². The van der Waals surface area contributed by atoms with E-state index in [0.717, 1.165) is 12.8 Å². The van der Waals surface area contributed by atoms with Crippen LogP contribution >= 0.6 is 0 Å². The van der Waals surface area contributed by atoms with E-state index in [9.17, 15) is 4.79 Å².